The summed E-state index contributed by atoms with van der Waals surface area (Å²) in [4.78, 5) is 0. The molecule has 2 heteroatoms. The Labute approximate surface area is 123 Å². The summed E-state index contributed by atoms with van der Waals surface area (Å²) in [6, 6.07) is 9.23. The Morgan fingerprint density at radius 2 is 1.85 bits per heavy atom. The fourth-order valence-electron chi connectivity index (χ4n) is 3.26. The van der Waals surface area contributed by atoms with Crippen LogP contribution in [0, 0.1) is 11.3 Å². The summed E-state index contributed by atoms with van der Waals surface area (Å²) < 4.78 is 5.20. The summed E-state index contributed by atoms with van der Waals surface area (Å²) in [5.41, 5.74) is 2.93. The van der Waals surface area contributed by atoms with Crippen LogP contribution in [0.1, 0.15) is 52.0 Å². The third-order valence-corrected chi connectivity index (χ3v) is 4.56. The van der Waals surface area contributed by atoms with Gasteiger partial charge in [0.05, 0.1) is 6.61 Å². The second kappa shape index (κ2) is 6.62. The Bertz CT molecular complexity index is 414. The van der Waals surface area contributed by atoms with Gasteiger partial charge >= 0.3 is 0 Å². The van der Waals surface area contributed by atoms with Crippen molar-refractivity contribution in [3.8, 4) is 0 Å². The lowest BCUT2D eigenvalue weighted by Gasteiger charge is -2.37. The van der Waals surface area contributed by atoms with Gasteiger partial charge in [0.2, 0.25) is 0 Å². The molecule has 2 nitrogen and oxygen atoms in total. The zero-order valence-electron chi connectivity index (χ0n) is 13.4. The number of nitrogens with one attached hydrogen (secondary N) is 1. The molecule has 0 atom stereocenters. The standard InChI is InChI=1S/C18H29NO/c1-18(2,3)15-8-10-16(11-9-15)19-17-7-5-6-14(12-17)13-20-4/h5-7,12,15-16,19H,8-11,13H2,1-4H3. The summed E-state index contributed by atoms with van der Waals surface area (Å²) in [5.74, 6) is 0.875. The molecule has 0 spiro atoms. The normalized spacial score (nSPS) is 23.6. The SMILES string of the molecule is COCc1cccc(NC2CCC(C(C)(C)C)CC2)c1. The summed E-state index contributed by atoms with van der Waals surface area (Å²) >= 11 is 0. The molecule has 0 heterocycles. The van der Waals surface area contributed by atoms with E-state index in [1.54, 1.807) is 7.11 Å². The molecular weight excluding hydrogens is 246 g/mol. The Kier molecular flexibility index (Phi) is 5.09. The van der Waals surface area contributed by atoms with E-state index < -0.39 is 0 Å². The smallest absolute Gasteiger partial charge is 0.0713 e. The molecule has 112 valence electrons. The Morgan fingerprint density at radius 3 is 2.45 bits per heavy atom. The zero-order valence-corrected chi connectivity index (χ0v) is 13.4. The highest BCUT2D eigenvalue weighted by Gasteiger charge is 2.29. The lowest BCUT2D eigenvalue weighted by Crippen LogP contribution is -2.31. The van der Waals surface area contributed by atoms with Crippen molar-refractivity contribution in [3.63, 3.8) is 0 Å². The van der Waals surface area contributed by atoms with Crippen molar-refractivity contribution >= 4 is 5.69 Å². The van der Waals surface area contributed by atoms with Gasteiger partial charge in [0.1, 0.15) is 0 Å². The summed E-state index contributed by atoms with van der Waals surface area (Å²) in [6.45, 7) is 7.81. The third kappa shape index (κ3) is 4.24. The van der Waals surface area contributed by atoms with Gasteiger partial charge in [-0.2, -0.15) is 0 Å². The fourth-order valence-corrected chi connectivity index (χ4v) is 3.26. The van der Waals surface area contributed by atoms with Crippen LogP contribution in [-0.4, -0.2) is 13.2 Å². The van der Waals surface area contributed by atoms with Crippen molar-refractivity contribution in [2.24, 2.45) is 11.3 Å². The van der Waals surface area contributed by atoms with E-state index in [-0.39, 0.29) is 0 Å². The van der Waals surface area contributed by atoms with E-state index in [1.807, 2.05) is 0 Å². The number of ether oxygens (including phenoxy) is 1. The lowest BCUT2D eigenvalue weighted by atomic mass is 9.71. The van der Waals surface area contributed by atoms with E-state index in [9.17, 15) is 0 Å². The van der Waals surface area contributed by atoms with Gasteiger partial charge in [0, 0.05) is 18.8 Å². The molecule has 1 aromatic rings. The van der Waals surface area contributed by atoms with Crippen LogP contribution in [0.15, 0.2) is 24.3 Å². The van der Waals surface area contributed by atoms with E-state index in [4.69, 9.17) is 4.74 Å². The molecule has 0 aliphatic heterocycles. The molecule has 1 N–H and O–H groups in total. The summed E-state index contributed by atoms with van der Waals surface area (Å²) in [7, 11) is 1.74. The number of hydrogen-bond acceptors (Lipinski definition) is 2. The first-order chi connectivity index (χ1) is 9.49. The van der Waals surface area contributed by atoms with Crippen LogP contribution in [0.3, 0.4) is 0 Å². The van der Waals surface area contributed by atoms with E-state index in [0.29, 0.717) is 18.1 Å². The lowest BCUT2D eigenvalue weighted by molar-refractivity contribution is 0.173. The summed E-state index contributed by atoms with van der Waals surface area (Å²) in [5, 5.41) is 3.70. The first-order valence-corrected chi connectivity index (χ1v) is 7.83. The molecule has 1 aliphatic carbocycles. The van der Waals surface area contributed by atoms with Crippen molar-refractivity contribution < 1.29 is 4.74 Å². The Hall–Kier alpha value is -1.02. The Morgan fingerprint density at radius 1 is 1.15 bits per heavy atom. The first kappa shape index (κ1) is 15.4. The average molecular weight is 275 g/mol. The molecule has 20 heavy (non-hydrogen) atoms. The molecule has 0 amide bonds. The number of hydrogen-bond donors (Lipinski definition) is 1. The van der Waals surface area contributed by atoms with Crippen LogP contribution in [0.4, 0.5) is 5.69 Å². The van der Waals surface area contributed by atoms with Gasteiger partial charge in [0.15, 0.2) is 0 Å². The van der Waals surface area contributed by atoms with Crippen molar-refractivity contribution in [2.45, 2.75) is 59.1 Å². The van der Waals surface area contributed by atoms with Gasteiger partial charge in [-0.1, -0.05) is 32.9 Å². The number of rotatable bonds is 4. The largest absolute Gasteiger partial charge is 0.382 e. The third-order valence-electron chi connectivity index (χ3n) is 4.56. The highest BCUT2D eigenvalue weighted by atomic mass is 16.5. The molecule has 2 rings (SSSR count). The fraction of sp³-hybridized carbons (Fsp3) is 0.667. The van der Waals surface area contributed by atoms with Gasteiger partial charge in [0.25, 0.3) is 0 Å². The van der Waals surface area contributed by atoms with Gasteiger partial charge in [-0.05, 0) is 54.7 Å². The van der Waals surface area contributed by atoms with Crippen molar-refractivity contribution in [1.29, 1.82) is 0 Å². The highest BCUT2D eigenvalue weighted by Crippen LogP contribution is 2.38. The van der Waals surface area contributed by atoms with Crippen LogP contribution < -0.4 is 5.32 Å². The number of anilines is 1. The van der Waals surface area contributed by atoms with Gasteiger partial charge in [-0.15, -0.1) is 0 Å². The molecule has 1 aromatic carbocycles. The second-order valence-corrected chi connectivity index (χ2v) is 7.19. The van der Waals surface area contributed by atoms with Gasteiger partial charge in [-0.25, -0.2) is 0 Å². The maximum atomic E-state index is 5.20. The monoisotopic (exact) mass is 275 g/mol. The quantitative estimate of drug-likeness (QED) is 0.848. The minimum atomic E-state index is 0.462. The molecule has 1 saturated carbocycles. The van der Waals surface area contributed by atoms with Crippen LogP contribution in [-0.2, 0) is 11.3 Å². The molecule has 0 unspecified atom stereocenters. The number of methoxy groups -OCH3 is 1. The topological polar surface area (TPSA) is 21.3 Å². The number of benzene rings is 1. The average Bonchev–Trinajstić information content (AvgIpc) is 2.39. The van der Waals surface area contributed by atoms with Crippen molar-refractivity contribution in [2.75, 3.05) is 12.4 Å². The molecule has 0 bridgehead atoms. The van der Waals surface area contributed by atoms with Crippen LogP contribution in [0.2, 0.25) is 0 Å². The molecule has 1 fully saturated rings. The second-order valence-electron chi connectivity index (χ2n) is 7.19. The predicted molar refractivity (Wildman–Crippen MR) is 86.0 cm³/mol. The minimum absolute atomic E-state index is 0.462. The molecule has 0 radical (unpaired) electrons. The molecule has 0 aromatic heterocycles. The van der Waals surface area contributed by atoms with Crippen LogP contribution in [0.25, 0.3) is 0 Å². The zero-order chi connectivity index (χ0) is 14.6. The maximum absolute atomic E-state index is 5.20. The highest BCUT2D eigenvalue weighted by molar-refractivity contribution is 5.46. The van der Waals surface area contributed by atoms with E-state index in [0.717, 1.165) is 5.92 Å². The minimum Gasteiger partial charge on any atom is -0.382 e. The van der Waals surface area contributed by atoms with E-state index in [1.165, 1.54) is 36.9 Å². The summed E-state index contributed by atoms with van der Waals surface area (Å²) in [6.07, 6.45) is 5.27. The van der Waals surface area contributed by atoms with Crippen LogP contribution in [0.5, 0.6) is 0 Å². The van der Waals surface area contributed by atoms with Crippen molar-refractivity contribution in [3.05, 3.63) is 29.8 Å². The molecule has 1 aliphatic rings. The Balaban J connectivity index is 1.88. The van der Waals surface area contributed by atoms with E-state index in [2.05, 4.69) is 50.4 Å². The molecular formula is C18H29NO. The predicted octanol–water partition coefficient (Wildman–Crippen LogP) is 4.85. The maximum Gasteiger partial charge on any atom is 0.0713 e. The van der Waals surface area contributed by atoms with Crippen molar-refractivity contribution in [1.82, 2.24) is 0 Å². The van der Waals surface area contributed by atoms with Gasteiger partial charge < -0.3 is 10.1 Å². The first-order valence-electron chi connectivity index (χ1n) is 7.83. The molecule has 0 saturated heterocycles. The van der Waals surface area contributed by atoms with Gasteiger partial charge in [-0.3, -0.25) is 0 Å². The van der Waals surface area contributed by atoms with Crippen LogP contribution >= 0.6 is 0 Å². The van der Waals surface area contributed by atoms with E-state index >= 15 is 0 Å².